The second-order valence-corrected chi connectivity index (χ2v) is 9.34. The smallest absolute Gasteiger partial charge is 0.497 e. The summed E-state index contributed by atoms with van der Waals surface area (Å²) in [7, 11) is 1.65. The number of hydrogen-bond acceptors (Lipinski definition) is 5. The van der Waals surface area contributed by atoms with E-state index in [1.165, 1.54) is 0 Å². The molecule has 0 saturated heterocycles. The van der Waals surface area contributed by atoms with E-state index in [1.807, 2.05) is 66.7 Å². The molecule has 8 heteroatoms. The molecule has 0 aliphatic heterocycles. The van der Waals surface area contributed by atoms with Crippen molar-refractivity contribution in [3.8, 4) is 17.4 Å². The topological polar surface area (TPSA) is 70.7 Å². The van der Waals surface area contributed by atoms with Crippen molar-refractivity contribution in [3.63, 3.8) is 0 Å². The fourth-order valence-electron chi connectivity index (χ4n) is 4.27. The number of pyridine rings is 2. The SMILES string of the molecule is COc1cc(-n2[c-]c3ccccc3n2)nc(C(C)(C)c2cc(C)cc(-n3[c-]c4ccccc4n3)n2)c1.[Pt+2]. The maximum atomic E-state index is 5.64. The van der Waals surface area contributed by atoms with Gasteiger partial charge in [-0.25, -0.2) is 10.2 Å². The van der Waals surface area contributed by atoms with Gasteiger partial charge in [-0.05, 0) is 45.3 Å². The van der Waals surface area contributed by atoms with E-state index in [2.05, 4.69) is 49.4 Å². The number of rotatable bonds is 5. The number of methoxy groups -OCH3 is 1. The Labute approximate surface area is 229 Å². The summed E-state index contributed by atoms with van der Waals surface area (Å²) in [5.41, 5.74) is 3.95. The minimum atomic E-state index is -0.538. The van der Waals surface area contributed by atoms with E-state index in [1.54, 1.807) is 16.5 Å². The van der Waals surface area contributed by atoms with Crippen LogP contribution in [0.3, 0.4) is 0 Å². The van der Waals surface area contributed by atoms with Gasteiger partial charge in [0.25, 0.3) is 0 Å². The van der Waals surface area contributed by atoms with Gasteiger partial charge in [-0.1, -0.05) is 35.9 Å². The molecule has 6 aromatic rings. The molecule has 7 nitrogen and oxygen atoms in total. The molecule has 0 amide bonds. The average Bonchev–Trinajstić information content (AvgIpc) is 3.52. The molecule has 186 valence electrons. The maximum Gasteiger partial charge on any atom is 2.00 e. The van der Waals surface area contributed by atoms with Crippen LogP contribution in [0.4, 0.5) is 0 Å². The molecular weight excluding hydrogens is 643 g/mol. The molecule has 0 N–H and O–H groups in total. The van der Waals surface area contributed by atoms with Crippen LogP contribution < -0.4 is 4.74 Å². The van der Waals surface area contributed by atoms with E-state index in [0.717, 1.165) is 38.8 Å². The Kier molecular flexibility index (Phi) is 6.42. The third-order valence-corrected chi connectivity index (χ3v) is 6.37. The molecule has 0 saturated carbocycles. The van der Waals surface area contributed by atoms with E-state index in [-0.39, 0.29) is 21.1 Å². The van der Waals surface area contributed by atoms with Crippen molar-refractivity contribution in [1.29, 1.82) is 0 Å². The molecule has 4 aromatic heterocycles. The Morgan fingerprint density at radius 3 is 1.78 bits per heavy atom. The Balaban J connectivity index is 0.00000280. The van der Waals surface area contributed by atoms with Crippen LogP contribution in [0.1, 0.15) is 30.8 Å². The molecule has 0 bridgehead atoms. The molecule has 0 aliphatic carbocycles. The van der Waals surface area contributed by atoms with Crippen molar-refractivity contribution in [1.82, 2.24) is 29.5 Å². The van der Waals surface area contributed by atoms with E-state index in [4.69, 9.17) is 14.7 Å². The molecule has 37 heavy (non-hydrogen) atoms. The Hall–Kier alpha value is -3.83. The van der Waals surface area contributed by atoms with E-state index < -0.39 is 5.41 Å². The van der Waals surface area contributed by atoms with Crippen LogP contribution in [0, 0.1) is 19.3 Å². The summed E-state index contributed by atoms with van der Waals surface area (Å²) in [6.45, 7) is 6.27. The zero-order chi connectivity index (χ0) is 24.9. The zero-order valence-corrected chi connectivity index (χ0v) is 23.1. The Morgan fingerprint density at radius 1 is 0.730 bits per heavy atom. The minimum absolute atomic E-state index is 0. The number of ether oxygens (including phenoxy) is 1. The van der Waals surface area contributed by atoms with Crippen LogP contribution in [0.5, 0.6) is 5.75 Å². The van der Waals surface area contributed by atoms with Crippen molar-refractivity contribution in [2.24, 2.45) is 0 Å². The molecule has 4 heterocycles. The first-order valence-electron chi connectivity index (χ1n) is 11.7. The van der Waals surface area contributed by atoms with Crippen LogP contribution in [0.2, 0.25) is 0 Å². The molecule has 2 aromatic carbocycles. The summed E-state index contributed by atoms with van der Waals surface area (Å²) < 4.78 is 9.03. The normalized spacial score (nSPS) is 11.6. The standard InChI is InChI=1S/C29H24N6O.Pt/c1-19-13-25(30-27(14-19)34-17-20-9-5-7-11-23(20)32-34)29(2,3)26-15-22(36-4)16-28(31-26)35-18-21-10-6-8-12-24(21)33-35;/h5-16H,1-4H3;/q-2;+2. The molecule has 0 aliphatic rings. The van der Waals surface area contributed by atoms with Gasteiger partial charge in [0.2, 0.25) is 0 Å². The first-order valence-corrected chi connectivity index (χ1v) is 11.7. The second-order valence-electron chi connectivity index (χ2n) is 9.34. The molecular formula is C29H24N6OPt. The number of aromatic nitrogens is 6. The fraction of sp³-hybridized carbons (Fsp3) is 0.172. The quantitative estimate of drug-likeness (QED) is 0.231. The fourth-order valence-corrected chi connectivity index (χ4v) is 4.27. The van der Waals surface area contributed by atoms with Gasteiger partial charge in [0.1, 0.15) is 5.75 Å². The van der Waals surface area contributed by atoms with Crippen molar-refractivity contribution >= 4 is 21.8 Å². The number of benzene rings is 2. The van der Waals surface area contributed by atoms with E-state index >= 15 is 0 Å². The summed E-state index contributed by atoms with van der Waals surface area (Å²) in [6.07, 6.45) is 6.60. The van der Waals surface area contributed by atoms with Gasteiger partial charge in [0.05, 0.1) is 18.7 Å². The predicted octanol–water partition coefficient (Wildman–Crippen LogP) is 5.40. The van der Waals surface area contributed by atoms with Crippen molar-refractivity contribution < 1.29 is 25.8 Å². The van der Waals surface area contributed by atoms with Gasteiger partial charge >= 0.3 is 21.1 Å². The van der Waals surface area contributed by atoms with Crippen molar-refractivity contribution in [2.75, 3.05) is 7.11 Å². The van der Waals surface area contributed by atoms with Crippen LogP contribution in [-0.2, 0) is 26.5 Å². The van der Waals surface area contributed by atoms with Gasteiger partial charge in [0.15, 0.2) is 0 Å². The Bertz CT molecular complexity index is 1670. The van der Waals surface area contributed by atoms with Gasteiger partial charge in [-0.2, -0.15) is 0 Å². The van der Waals surface area contributed by atoms with E-state index in [9.17, 15) is 0 Å². The van der Waals surface area contributed by atoms with Crippen LogP contribution in [0.25, 0.3) is 33.4 Å². The van der Waals surface area contributed by atoms with Crippen molar-refractivity contribution in [2.45, 2.75) is 26.2 Å². The zero-order valence-electron chi connectivity index (χ0n) is 20.8. The first kappa shape index (κ1) is 24.8. The monoisotopic (exact) mass is 667 g/mol. The predicted molar refractivity (Wildman–Crippen MR) is 139 cm³/mol. The summed E-state index contributed by atoms with van der Waals surface area (Å²) >= 11 is 0. The number of hydrogen-bond donors (Lipinski definition) is 0. The van der Waals surface area contributed by atoms with Crippen LogP contribution >= 0.6 is 0 Å². The van der Waals surface area contributed by atoms with Crippen LogP contribution in [0.15, 0.2) is 72.8 Å². The van der Waals surface area contributed by atoms with Gasteiger partial charge < -0.3 is 14.1 Å². The summed E-state index contributed by atoms with van der Waals surface area (Å²) in [4.78, 5) is 9.98. The summed E-state index contributed by atoms with van der Waals surface area (Å²) in [5, 5.41) is 11.2. The molecule has 0 radical (unpaired) electrons. The third kappa shape index (κ3) is 4.56. The Morgan fingerprint density at radius 2 is 1.24 bits per heavy atom. The second kappa shape index (κ2) is 9.56. The molecule has 0 atom stereocenters. The van der Waals surface area contributed by atoms with E-state index in [0.29, 0.717) is 17.4 Å². The molecule has 0 unspecified atom stereocenters. The largest absolute Gasteiger partial charge is 2.00 e. The molecule has 0 spiro atoms. The number of aryl methyl sites for hydroxylation is 1. The first-order chi connectivity index (χ1) is 17.4. The summed E-state index contributed by atoms with van der Waals surface area (Å²) in [6, 6.07) is 23.7. The van der Waals surface area contributed by atoms with Gasteiger partial charge in [-0.3, -0.25) is 9.97 Å². The molecule has 6 rings (SSSR count). The number of fused-ring (bicyclic) bond motifs is 2. The minimum Gasteiger partial charge on any atom is -0.497 e. The van der Waals surface area contributed by atoms with Gasteiger partial charge in [0, 0.05) is 33.9 Å². The van der Waals surface area contributed by atoms with Gasteiger partial charge in [-0.15, -0.1) is 35.0 Å². The maximum absolute atomic E-state index is 5.64. The number of nitrogens with zero attached hydrogens (tertiary/aromatic N) is 6. The van der Waals surface area contributed by atoms with Crippen molar-refractivity contribution in [3.05, 3.63) is 102 Å². The van der Waals surface area contributed by atoms with Crippen LogP contribution in [-0.4, -0.2) is 36.6 Å². The molecule has 0 fully saturated rings. The summed E-state index contributed by atoms with van der Waals surface area (Å²) in [5.74, 6) is 2.03. The third-order valence-electron chi connectivity index (χ3n) is 6.37. The average molecular weight is 668 g/mol.